The molecule has 194 valence electrons. The fourth-order valence-corrected chi connectivity index (χ4v) is 6.34. The monoisotopic (exact) mass is 521 g/mol. The van der Waals surface area contributed by atoms with Gasteiger partial charge in [0.2, 0.25) is 6.23 Å². The topological polar surface area (TPSA) is 121 Å². The molecule has 1 amide bonds. The van der Waals surface area contributed by atoms with Crippen molar-refractivity contribution in [2.24, 2.45) is 5.73 Å². The minimum absolute atomic E-state index is 0.280. The summed E-state index contributed by atoms with van der Waals surface area (Å²) in [6.07, 6.45) is 7.36. The first-order chi connectivity index (χ1) is 18.0. The van der Waals surface area contributed by atoms with E-state index in [1.807, 2.05) is 24.0 Å². The minimum atomic E-state index is -0.573. The molecule has 3 aliphatic rings. The highest BCUT2D eigenvalue weighted by molar-refractivity contribution is 7.22. The number of nitrogens with two attached hydrogens (primary N) is 1. The highest BCUT2D eigenvalue weighted by Crippen LogP contribution is 2.44. The molecule has 0 aliphatic carbocycles. The summed E-state index contributed by atoms with van der Waals surface area (Å²) in [6.45, 7) is 5.12. The average molecular weight is 522 g/mol. The molecule has 0 aromatic carbocycles. The number of aliphatic hydroxyl groups excluding tert-OH is 1. The van der Waals surface area contributed by atoms with Gasteiger partial charge in [-0.2, -0.15) is 4.98 Å². The molecule has 6 heterocycles. The molecule has 2 unspecified atom stereocenters. The van der Waals surface area contributed by atoms with Crippen molar-refractivity contribution in [1.29, 1.82) is 0 Å². The van der Waals surface area contributed by atoms with E-state index in [0.29, 0.717) is 12.2 Å². The van der Waals surface area contributed by atoms with Crippen LogP contribution in [0.4, 0.5) is 16.6 Å². The lowest BCUT2D eigenvalue weighted by Gasteiger charge is -2.34. The summed E-state index contributed by atoms with van der Waals surface area (Å²) in [4.78, 5) is 33.1. The van der Waals surface area contributed by atoms with E-state index >= 15 is 0 Å². The fourth-order valence-electron chi connectivity index (χ4n) is 5.37. The number of aliphatic hydroxyl groups is 1. The summed E-state index contributed by atoms with van der Waals surface area (Å²) < 4.78 is 6.95. The van der Waals surface area contributed by atoms with Gasteiger partial charge >= 0.3 is 0 Å². The fraction of sp³-hybridized carbons (Fsp3) is 0.462. The number of carbonyl (C=O) groups is 1. The number of fused-ring (bicyclic) bond motifs is 1. The van der Waals surface area contributed by atoms with Gasteiger partial charge in [-0.3, -0.25) is 14.7 Å². The number of hydrogen-bond donors (Lipinski definition) is 2. The quantitative estimate of drug-likeness (QED) is 0.521. The van der Waals surface area contributed by atoms with Gasteiger partial charge in [0, 0.05) is 43.6 Å². The van der Waals surface area contributed by atoms with E-state index in [9.17, 15) is 9.90 Å². The van der Waals surface area contributed by atoms with Gasteiger partial charge < -0.3 is 25.4 Å². The number of amides is 1. The van der Waals surface area contributed by atoms with Crippen LogP contribution < -0.4 is 20.4 Å². The summed E-state index contributed by atoms with van der Waals surface area (Å²) in [5.74, 6) is 0.210. The zero-order valence-electron chi connectivity index (χ0n) is 20.8. The summed E-state index contributed by atoms with van der Waals surface area (Å²) >= 11 is 1.55. The molecule has 0 saturated carbocycles. The minimum Gasteiger partial charge on any atom is -0.471 e. The Morgan fingerprint density at radius 1 is 1.14 bits per heavy atom. The van der Waals surface area contributed by atoms with Crippen molar-refractivity contribution in [2.75, 3.05) is 40.9 Å². The van der Waals surface area contributed by atoms with Gasteiger partial charge in [0.15, 0.2) is 16.6 Å². The molecule has 6 rings (SSSR count). The SMILES string of the molecule is Cc1cc(C2OC=C(C(N)=O)N2c2cc3sc(N4CCCC(O)C4)nc3nc2N2CCCCC2)ccn1. The van der Waals surface area contributed by atoms with Crippen molar-refractivity contribution < 1.29 is 14.6 Å². The van der Waals surface area contributed by atoms with Gasteiger partial charge in [-0.1, -0.05) is 11.3 Å². The lowest BCUT2D eigenvalue weighted by molar-refractivity contribution is -0.114. The molecule has 2 atom stereocenters. The van der Waals surface area contributed by atoms with Crippen molar-refractivity contribution in [3.05, 3.63) is 47.6 Å². The lowest BCUT2D eigenvalue weighted by atomic mass is 10.1. The van der Waals surface area contributed by atoms with Gasteiger partial charge in [0.05, 0.1) is 16.5 Å². The number of carbonyl (C=O) groups excluding carboxylic acids is 1. The third kappa shape index (κ3) is 4.57. The number of hydrogen-bond acceptors (Lipinski definition) is 10. The maximum absolute atomic E-state index is 12.6. The number of primary amides is 1. The maximum atomic E-state index is 12.6. The second-order valence-corrected chi connectivity index (χ2v) is 10.9. The predicted octanol–water partition coefficient (Wildman–Crippen LogP) is 3.21. The zero-order chi connectivity index (χ0) is 25.5. The number of β-amino-alcohol motifs (C(OH)–C–C–N with tert-alkyl or cyclic N) is 1. The molecule has 10 nitrogen and oxygen atoms in total. The number of pyridine rings is 2. The molecule has 3 aromatic heterocycles. The van der Waals surface area contributed by atoms with E-state index in [1.54, 1.807) is 17.5 Å². The Hall–Kier alpha value is -3.44. The average Bonchev–Trinajstić information content (AvgIpc) is 3.53. The summed E-state index contributed by atoms with van der Waals surface area (Å²) in [6, 6.07) is 5.90. The number of aromatic nitrogens is 3. The number of aryl methyl sites for hydroxylation is 1. The van der Waals surface area contributed by atoms with Crippen molar-refractivity contribution in [3.63, 3.8) is 0 Å². The number of ether oxygens (including phenoxy) is 1. The van der Waals surface area contributed by atoms with E-state index in [4.69, 9.17) is 20.4 Å². The molecular formula is C26H31N7O3S. The van der Waals surface area contributed by atoms with Crippen LogP contribution in [-0.4, -0.2) is 58.2 Å². The van der Waals surface area contributed by atoms with Crippen LogP contribution in [0.3, 0.4) is 0 Å². The number of anilines is 3. The first kappa shape index (κ1) is 23.9. The summed E-state index contributed by atoms with van der Waals surface area (Å²) in [5.41, 5.74) is 9.28. The number of thiazole rings is 1. The smallest absolute Gasteiger partial charge is 0.268 e. The molecule has 3 aromatic rings. The highest BCUT2D eigenvalue weighted by Gasteiger charge is 2.37. The van der Waals surface area contributed by atoms with Crippen LogP contribution in [0.2, 0.25) is 0 Å². The van der Waals surface area contributed by atoms with E-state index in [1.165, 1.54) is 12.7 Å². The van der Waals surface area contributed by atoms with E-state index in [2.05, 4.69) is 20.9 Å². The molecule has 2 fully saturated rings. The first-order valence-electron chi connectivity index (χ1n) is 12.8. The van der Waals surface area contributed by atoms with Crippen molar-refractivity contribution >= 4 is 44.2 Å². The Kier molecular flexibility index (Phi) is 6.33. The van der Waals surface area contributed by atoms with Gasteiger partial charge in [-0.25, -0.2) is 4.98 Å². The number of rotatable bonds is 5. The van der Waals surface area contributed by atoms with Gasteiger partial charge in [0.1, 0.15) is 12.0 Å². The van der Waals surface area contributed by atoms with Crippen LogP contribution in [-0.2, 0) is 9.53 Å². The largest absolute Gasteiger partial charge is 0.471 e. The molecule has 0 spiro atoms. The summed E-state index contributed by atoms with van der Waals surface area (Å²) in [5, 5.41) is 11.0. The summed E-state index contributed by atoms with van der Waals surface area (Å²) in [7, 11) is 0. The third-order valence-electron chi connectivity index (χ3n) is 7.17. The predicted molar refractivity (Wildman–Crippen MR) is 143 cm³/mol. The van der Waals surface area contributed by atoms with E-state index in [0.717, 1.165) is 77.9 Å². The Bertz CT molecular complexity index is 1350. The Morgan fingerprint density at radius 3 is 2.70 bits per heavy atom. The van der Waals surface area contributed by atoms with E-state index < -0.39 is 12.1 Å². The molecule has 37 heavy (non-hydrogen) atoms. The second kappa shape index (κ2) is 9.79. The third-order valence-corrected chi connectivity index (χ3v) is 8.23. The van der Waals surface area contributed by atoms with Crippen LogP contribution >= 0.6 is 11.3 Å². The second-order valence-electron chi connectivity index (χ2n) is 9.90. The van der Waals surface area contributed by atoms with Crippen LogP contribution in [0.25, 0.3) is 10.3 Å². The van der Waals surface area contributed by atoms with E-state index in [-0.39, 0.29) is 11.8 Å². The van der Waals surface area contributed by atoms with Crippen LogP contribution in [0.15, 0.2) is 36.4 Å². The molecule has 3 aliphatic heterocycles. The number of piperidine rings is 2. The molecule has 0 radical (unpaired) electrons. The lowest BCUT2D eigenvalue weighted by Crippen LogP contribution is -2.38. The highest BCUT2D eigenvalue weighted by atomic mass is 32.1. The molecule has 0 bridgehead atoms. The maximum Gasteiger partial charge on any atom is 0.268 e. The van der Waals surface area contributed by atoms with Gasteiger partial charge in [-0.05, 0) is 57.2 Å². The van der Waals surface area contributed by atoms with Crippen LogP contribution in [0.5, 0.6) is 0 Å². The Morgan fingerprint density at radius 2 is 1.95 bits per heavy atom. The van der Waals surface area contributed by atoms with Gasteiger partial charge in [0.25, 0.3) is 5.91 Å². The van der Waals surface area contributed by atoms with Crippen LogP contribution in [0, 0.1) is 6.92 Å². The Labute approximate surface area is 219 Å². The van der Waals surface area contributed by atoms with Gasteiger partial charge in [-0.15, -0.1) is 0 Å². The Balaban J connectivity index is 1.48. The molecule has 2 saturated heterocycles. The standard InChI is InChI=1S/C26H31N7O3S/c1-16-12-17(7-8-28-16)25-33(20(15-36-25)22(27)35)19-13-21-23(29-24(19)31-9-3-2-4-10-31)30-26(37-21)32-11-5-6-18(34)14-32/h7-8,12-13,15,18,25,34H,2-6,9-11,14H2,1H3,(H2,27,35). The van der Waals surface area contributed by atoms with Crippen LogP contribution in [0.1, 0.15) is 49.6 Å². The zero-order valence-corrected chi connectivity index (χ0v) is 21.7. The molecular weight excluding hydrogens is 490 g/mol. The van der Waals surface area contributed by atoms with Crippen molar-refractivity contribution in [2.45, 2.75) is 51.4 Å². The van der Waals surface area contributed by atoms with Crippen molar-refractivity contribution in [1.82, 2.24) is 15.0 Å². The molecule has 3 N–H and O–H groups in total. The first-order valence-corrected chi connectivity index (χ1v) is 13.7. The number of nitrogens with zero attached hydrogens (tertiary/aromatic N) is 6. The van der Waals surface area contributed by atoms with Crippen molar-refractivity contribution in [3.8, 4) is 0 Å². The molecule has 11 heteroatoms. The normalized spacial score (nSPS) is 22.3.